The first-order valence-electron chi connectivity index (χ1n) is 12.0. The molecule has 192 valence electrons. The van der Waals surface area contributed by atoms with Gasteiger partial charge in [0.25, 0.3) is 5.91 Å². The van der Waals surface area contributed by atoms with Crippen molar-refractivity contribution in [2.75, 3.05) is 43.7 Å². The fourth-order valence-corrected chi connectivity index (χ4v) is 5.12. The first kappa shape index (κ1) is 24.5. The van der Waals surface area contributed by atoms with Crippen LogP contribution in [-0.4, -0.2) is 67.6 Å². The van der Waals surface area contributed by atoms with E-state index in [4.69, 9.17) is 21.1 Å². The van der Waals surface area contributed by atoms with Crippen molar-refractivity contribution in [2.45, 2.75) is 37.6 Å². The third-order valence-corrected chi connectivity index (χ3v) is 7.13. The quantitative estimate of drug-likeness (QED) is 0.467. The number of hydrogen-bond acceptors (Lipinski definition) is 7. The van der Waals surface area contributed by atoms with Crippen LogP contribution in [0.1, 0.15) is 30.1 Å². The summed E-state index contributed by atoms with van der Waals surface area (Å²) in [7, 11) is 1.58. The van der Waals surface area contributed by atoms with E-state index in [0.29, 0.717) is 49.1 Å². The zero-order valence-electron chi connectivity index (χ0n) is 20.0. The van der Waals surface area contributed by atoms with Crippen LogP contribution in [0.4, 0.5) is 16.2 Å². The highest BCUT2D eigenvalue weighted by atomic mass is 35.5. The van der Waals surface area contributed by atoms with Gasteiger partial charge in [-0.3, -0.25) is 14.8 Å². The molecule has 2 bridgehead atoms. The van der Waals surface area contributed by atoms with Gasteiger partial charge in [0.2, 0.25) is 0 Å². The number of carbonyl (C=O) groups excluding carboxylic acids is 2. The van der Waals surface area contributed by atoms with E-state index in [1.807, 2.05) is 23.2 Å². The average molecular weight is 516 g/mol. The van der Waals surface area contributed by atoms with Crippen molar-refractivity contribution in [3.63, 3.8) is 0 Å². The molecule has 3 aliphatic rings. The lowest BCUT2D eigenvalue weighted by Crippen LogP contribution is -2.48. The van der Waals surface area contributed by atoms with Crippen LogP contribution >= 0.6 is 11.6 Å². The summed E-state index contributed by atoms with van der Waals surface area (Å²) in [5, 5.41) is 22.8. The number of rotatable bonds is 6. The van der Waals surface area contributed by atoms with Crippen molar-refractivity contribution in [2.24, 2.45) is 0 Å². The molecule has 0 radical (unpaired) electrons. The number of hydrogen-bond donors (Lipinski definition) is 4. The van der Waals surface area contributed by atoms with Gasteiger partial charge in [0.15, 0.2) is 0 Å². The molecule has 0 aliphatic carbocycles. The molecule has 2 aromatic rings. The predicted octanol–water partition coefficient (Wildman–Crippen LogP) is 2.42. The maximum atomic E-state index is 12.9. The molecule has 3 atom stereocenters. The van der Waals surface area contributed by atoms with Gasteiger partial charge < -0.3 is 30.5 Å². The number of hydrazine groups is 1. The Hall–Kier alpha value is -3.21. The van der Waals surface area contributed by atoms with E-state index in [9.17, 15) is 14.7 Å². The second-order valence-corrected chi connectivity index (χ2v) is 9.55. The van der Waals surface area contributed by atoms with Gasteiger partial charge in [0, 0.05) is 43.4 Å². The number of carbonyl (C=O) groups is 2. The van der Waals surface area contributed by atoms with Crippen LogP contribution < -0.4 is 25.7 Å². The Morgan fingerprint density at radius 1 is 1.22 bits per heavy atom. The smallest absolute Gasteiger partial charge is 0.315 e. The Morgan fingerprint density at radius 3 is 2.92 bits per heavy atom. The molecule has 0 saturated carbocycles. The topological polar surface area (TPSA) is 115 Å². The number of aliphatic hydroxyl groups excluding tert-OH is 1. The van der Waals surface area contributed by atoms with Crippen molar-refractivity contribution < 1.29 is 24.2 Å². The number of nitrogens with zero attached hydrogens (tertiary/aromatic N) is 2. The van der Waals surface area contributed by atoms with Crippen molar-refractivity contribution in [1.29, 1.82) is 0 Å². The van der Waals surface area contributed by atoms with Crippen LogP contribution in [0.5, 0.6) is 5.75 Å². The standard InChI is InChI=1S/C25H30ClN5O5/c1-35-16-4-5-18(26)21(10-16)30-7-2-8-31(30)24(33)13-28-25(34)27-12-15-3-6-19-17(9-15)23-11-20(29-19)22(32)14-36-23/h3-6,9-10,20,22-23,29,32H,2,7-8,11-14H2,1H3,(H2,27,28,34)/t20-,22-,23-/m1/s1. The van der Waals surface area contributed by atoms with E-state index in [0.717, 1.165) is 23.2 Å². The van der Waals surface area contributed by atoms with Gasteiger partial charge in [-0.05, 0) is 36.2 Å². The summed E-state index contributed by atoms with van der Waals surface area (Å²) >= 11 is 6.37. The third-order valence-electron chi connectivity index (χ3n) is 6.81. The monoisotopic (exact) mass is 515 g/mol. The van der Waals surface area contributed by atoms with Crippen molar-refractivity contribution in [1.82, 2.24) is 15.6 Å². The summed E-state index contributed by atoms with van der Waals surface area (Å²) in [6.45, 7) is 1.65. The van der Waals surface area contributed by atoms with Gasteiger partial charge in [-0.2, -0.15) is 0 Å². The number of halogens is 1. The summed E-state index contributed by atoms with van der Waals surface area (Å²) in [5.74, 6) is 0.421. The Kier molecular flexibility index (Phi) is 7.08. The number of fused-ring (bicyclic) bond motifs is 4. The van der Waals surface area contributed by atoms with Gasteiger partial charge in [-0.15, -0.1) is 0 Å². The number of anilines is 2. The molecular weight excluding hydrogens is 486 g/mol. The van der Waals surface area contributed by atoms with Crippen LogP contribution in [0.25, 0.3) is 0 Å². The number of ether oxygens (including phenoxy) is 2. The van der Waals surface area contributed by atoms with Crippen LogP contribution in [0.15, 0.2) is 36.4 Å². The molecule has 36 heavy (non-hydrogen) atoms. The normalized spacial score (nSPS) is 22.5. The summed E-state index contributed by atoms with van der Waals surface area (Å²) < 4.78 is 11.1. The van der Waals surface area contributed by atoms with Crippen LogP contribution in [0.2, 0.25) is 5.02 Å². The van der Waals surface area contributed by atoms with Crippen LogP contribution in [0.3, 0.4) is 0 Å². The third kappa shape index (κ3) is 5.02. The lowest BCUT2D eigenvalue weighted by Gasteiger charge is -2.40. The Balaban J connectivity index is 1.14. The number of aliphatic hydroxyl groups is 1. The Labute approximate surface area is 214 Å². The largest absolute Gasteiger partial charge is 0.497 e. The zero-order valence-corrected chi connectivity index (χ0v) is 20.8. The molecule has 2 aromatic carbocycles. The summed E-state index contributed by atoms with van der Waals surface area (Å²) in [5.41, 5.74) is 3.58. The van der Waals surface area contributed by atoms with Gasteiger partial charge in [0.1, 0.15) is 12.3 Å². The molecule has 2 fully saturated rings. The molecule has 0 spiro atoms. The minimum absolute atomic E-state index is 0.00461. The highest BCUT2D eigenvalue weighted by Gasteiger charge is 2.36. The van der Waals surface area contributed by atoms with E-state index in [1.54, 1.807) is 30.3 Å². The summed E-state index contributed by atoms with van der Waals surface area (Å²) in [4.78, 5) is 25.3. The summed E-state index contributed by atoms with van der Waals surface area (Å²) in [6.07, 6.45) is 0.926. The zero-order chi connectivity index (χ0) is 25.2. The van der Waals surface area contributed by atoms with Gasteiger partial charge in [-0.25, -0.2) is 4.79 Å². The van der Waals surface area contributed by atoms with Gasteiger partial charge in [0.05, 0.1) is 42.7 Å². The molecule has 3 heterocycles. The Bertz CT molecular complexity index is 1150. The molecule has 11 heteroatoms. The van der Waals surface area contributed by atoms with Crippen molar-refractivity contribution in [3.05, 3.63) is 52.5 Å². The molecule has 4 N–H and O–H groups in total. The second kappa shape index (κ2) is 10.4. The maximum absolute atomic E-state index is 12.9. The van der Waals surface area contributed by atoms with E-state index >= 15 is 0 Å². The lowest BCUT2D eigenvalue weighted by atomic mass is 9.89. The number of amides is 3. The minimum atomic E-state index is -0.512. The molecule has 0 unspecified atom stereocenters. The fraction of sp³-hybridized carbons (Fsp3) is 0.440. The number of benzene rings is 2. The first-order valence-corrected chi connectivity index (χ1v) is 12.4. The van der Waals surface area contributed by atoms with Gasteiger partial charge >= 0.3 is 6.03 Å². The van der Waals surface area contributed by atoms with Crippen molar-refractivity contribution in [3.8, 4) is 5.75 Å². The van der Waals surface area contributed by atoms with Gasteiger partial charge in [-0.1, -0.05) is 17.7 Å². The molecule has 0 aromatic heterocycles. The number of urea groups is 1. The minimum Gasteiger partial charge on any atom is -0.497 e. The predicted molar refractivity (Wildman–Crippen MR) is 135 cm³/mol. The average Bonchev–Trinajstić information content (AvgIpc) is 3.38. The van der Waals surface area contributed by atoms with E-state index in [2.05, 4.69) is 16.0 Å². The maximum Gasteiger partial charge on any atom is 0.315 e. The lowest BCUT2D eigenvalue weighted by molar-refractivity contribution is -0.129. The highest BCUT2D eigenvalue weighted by Crippen LogP contribution is 2.39. The number of nitrogens with one attached hydrogen (secondary N) is 3. The van der Waals surface area contributed by atoms with Crippen molar-refractivity contribution >= 4 is 34.9 Å². The fourth-order valence-electron chi connectivity index (χ4n) is 4.91. The summed E-state index contributed by atoms with van der Waals surface area (Å²) in [6, 6.07) is 10.7. The number of methoxy groups -OCH3 is 1. The molecule has 2 saturated heterocycles. The van der Waals surface area contributed by atoms with E-state index < -0.39 is 12.1 Å². The molecule has 3 aliphatic heterocycles. The molecule has 10 nitrogen and oxygen atoms in total. The Morgan fingerprint density at radius 2 is 2.08 bits per heavy atom. The van der Waals surface area contributed by atoms with Crippen LogP contribution in [-0.2, 0) is 16.1 Å². The molecular formula is C25H30ClN5O5. The molecule has 5 rings (SSSR count). The SMILES string of the molecule is COc1ccc(Cl)c(N2CCCN2C(=O)CNC(=O)NCc2ccc3c(c2)[C@H]2C[C@@H](N3)[C@H](O)CO2)c1. The van der Waals surface area contributed by atoms with E-state index in [-0.39, 0.29) is 24.6 Å². The second-order valence-electron chi connectivity index (χ2n) is 9.14. The van der Waals surface area contributed by atoms with Crippen LogP contribution in [0, 0.1) is 0 Å². The highest BCUT2D eigenvalue weighted by molar-refractivity contribution is 6.33. The first-order chi connectivity index (χ1) is 17.4. The molecule has 3 amide bonds. The van der Waals surface area contributed by atoms with E-state index in [1.165, 1.54) is 0 Å².